The van der Waals surface area contributed by atoms with Crippen molar-refractivity contribution in [3.05, 3.63) is 31.3 Å². The molecule has 7 heteroatoms. The standard InChI is InChI=1S/C11H12N4O2S/c1-2-15-8-6(9(16)14-11(15)17)10(18)13-7(12-8)5-3-4-5/h5H,2-4H2,1H3,(H,12,13,18)(H,14,16,17). The Kier molecular flexibility index (Phi) is 2.44. The van der Waals surface area contributed by atoms with Crippen LogP contribution in [0.25, 0.3) is 11.0 Å². The van der Waals surface area contributed by atoms with E-state index < -0.39 is 11.2 Å². The molecule has 2 aromatic rings. The molecule has 0 atom stereocenters. The predicted molar refractivity (Wildman–Crippen MR) is 69.5 cm³/mol. The summed E-state index contributed by atoms with van der Waals surface area (Å²) in [6, 6.07) is 0. The molecule has 0 aliphatic heterocycles. The highest BCUT2D eigenvalue weighted by Gasteiger charge is 2.27. The molecule has 18 heavy (non-hydrogen) atoms. The molecule has 1 aliphatic rings. The lowest BCUT2D eigenvalue weighted by atomic mass is 10.3. The zero-order valence-electron chi connectivity index (χ0n) is 9.82. The van der Waals surface area contributed by atoms with E-state index in [0.717, 1.165) is 18.7 Å². The first kappa shape index (κ1) is 11.3. The third-order valence-corrected chi connectivity index (χ3v) is 3.46. The number of fused-ring (bicyclic) bond motifs is 1. The Morgan fingerprint density at radius 2 is 2.11 bits per heavy atom. The third-order valence-electron chi connectivity index (χ3n) is 3.16. The Labute approximate surface area is 107 Å². The van der Waals surface area contributed by atoms with Crippen LogP contribution >= 0.6 is 12.2 Å². The summed E-state index contributed by atoms with van der Waals surface area (Å²) in [5, 5.41) is 0.288. The molecular formula is C11H12N4O2S. The zero-order valence-corrected chi connectivity index (χ0v) is 10.6. The normalized spacial score (nSPS) is 15.2. The van der Waals surface area contributed by atoms with Gasteiger partial charge in [0.2, 0.25) is 0 Å². The summed E-state index contributed by atoms with van der Waals surface area (Å²) in [6.45, 7) is 2.30. The Morgan fingerprint density at radius 1 is 1.39 bits per heavy atom. The van der Waals surface area contributed by atoms with Crippen molar-refractivity contribution >= 4 is 23.3 Å². The topological polar surface area (TPSA) is 83.5 Å². The molecule has 0 aromatic carbocycles. The van der Waals surface area contributed by atoms with Crippen molar-refractivity contribution in [1.29, 1.82) is 0 Å². The number of rotatable bonds is 2. The molecule has 2 N–H and O–H groups in total. The first-order valence-corrected chi connectivity index (χ1v) is 6.29. The van der Waals surface area contributed by atoms with Crippen LogP contribution in [0, 0.1) is 4.64 Å². The molecule has 94 valence electrons. The summed E-state index contributed by atoms with van der Waals surface area (Å²) in [5.41, 5.74) is -0.419. The number of aromatic amines is 2. The third kappa shape index (κ3) is 1.62. The van der Waals surface area contributed by atoms with Crippen molar-refractivity contribution in [2.75, 3.05) is 0 Å². The van der Waals surface area contributed by atoms with Crippen LogP contribution in [-0.2, 0) is 6.54 Å². The maximum absolute atomic E-state index is 11.8. The van der Waals surface area contributed by atoms with Gasteiger partial charge in [0.15, 0.2) is 0 Å². The van der Waals surface area contributed by atoms with E-state index in [-0.39, 0.29) is 10.0 Å². The van der Waals surface area contributed by atoms with E-state index in [9.17, 15) is 9.59 Å². The first-order valence-electron chi connectivity index (χ1n) is 5.89. The molecular weight excluding hydrogens is 252 g/mol. The van der Waals surface area contributed by atoms with Crippen molar-refractivity contribution < 1.29 is 0 Å². The minimum absolute atomic E-state index is 0.258. The van der Waals surface area contributed by atoms with E-state index in [2.05, 4.69) is 15.0 Å². The number of H-pyrrole nitrogens is 2. The summed E-state index contributed by atoms with van der Waals surface area (Å²) in [4.78, 5) is 33.1. The molecule has 0 amide bonds. The summed E-state index contributed by atoms with van der Waals surface area (Å²) >= 11 is 5.16. The van der Waals surface area contributed by atoms with Gasteiger partial charge >= 0.3 is 5.69 Å². The van der Waals surface area contributed by atoms with E-state index in [1.165, 1.54) is 4.57 Å². The second kappa shape index (κ2) is 3.88. The van der Waals surface area contributed by atoms with Gasteiger partial charge in [-0.25, -0.2) is 9.78 Å². The van der Waals surface area contributed by atoms with Crippen molar-refractivity contribution in [3.63, 3.8) is 0 Å². The highest BCUT2D eigenvalue weighted by Crippen LogP contribution is 2.38. The van der Waals surface area contributed by atoms with Gasteiger partial charge in [0.1, 0.15) is 21.5 Å². The molecule has 0 unspecified atom stereocenters. The Balaban J connectivity index is 2.50. The molecule has 1 fully saturated rings. The van der Waals surface area contributed by atoms with Gasteiger partial charge < -0.3 is 4.98 Å². The van der Waals surface area contributed by atoms with Crippen LogP contribution in [0.15, 0.2) is 9.59 Å². The molecule has 3 rings (SSSR count). The summed E-state index contributed by atoms with van der Waals surface area (Å²) in [7, 11) is 0. The van der Waals surface area contributed by atoms with Crippen LogP contribution in [0.3, 0.4) is 0 Å². The van der Waals surface area contributed by atoms with Gasteiger partial charge in [-0.1, -0.05) is 12.2 Å². The fourth-order valence-corrected chi connectivity index (χ4v) is 2.35. The van der Waals surface area contributed by atoms with Crippen LogP contribution in [0.2, 0.25) is 0 Å². The SMILES string of the molecule is CCn1c(=O)[nH]c(=O)c2c(=S)nc(C3CC3)[nH]c21. The molecule has 6 nitrogen and oxygen atoms in total. The van der Waals surface area contributed by atoms with Crippen molar-refractivity contribution in [2.45, 2.75) is 32.2 Å². The van der Waals surface area contributed by atoms with Gasteiger partial charge in [-0.15, -0.1) is 0 Å². The second-order valence-corrected chi connectivity index (χ2v) is 4.82. The van der Waals surface area contributed by atoms with E-state index in [1.54, 1.807) is 0 Å². The largest absolute Gasteiger partial charge is 0.329 e. The monoisotopic (exact) mass is 264 g/mol. The highest BCUT2D eigenvalue weighted by atomic mass is 32.1. The van der Waals surface area contributed by atoms with Crippen molar-refractivity contribution in [3.8, 4) is 0 Å². The first-order chi connectivity index (χ1) is 8.61. The number of hydrogen-bond donors (Lipinski definition) is 2. The highest BCUT2D eigenvalue weighted by molar-refractivity contribution is 7.71. The number of hydrogen-bond acceptors (Lipinski definition) is 4. The van der Waals surface area contributed by atoms with Crippen LogP contribution < -0.4 is 11.2 Å². The maximum atomic E-state index is 11.8. The lowest BCUT2D eigenvalue weighted by Gasteiger charge is -2.08. The average Bonchev–Trinajstić information content (AvgIpc) is 3.11. The molecule has 0 bridgehead atoms. The lowest BCUT2D eigenvalue weighted by molar-refractivity contribution is 0.711. The predicted octanol–water partition coefficient (Wildman–Crippen LogP) is 1.04. The van der Waals surface area contributed by atoms with Crippen LogP contribution in [0.1, 0.15) is 31.5 Å². The molecule has 1 saturated carbocycles. The minimum Gasteiger partial charge on any atom is -0.329 e. The number of nitrogens with zero attached hydrogens (tertiary/aromatic N) is 2. The Bertz CT molecular complexity index is 797. The molecule has 0 saturated heterocycles. The smallest absolute Gasteiger partial charge is 0.329 e. The van der Waals surface area contributed by atoms with Gasteiger partial charge in [0, 0.05) is 12.5 Å². The molecule has 2 aromatic heterocycles. The van der Waals surface area contributed by atoms with Crippen LogP contribution in [-0.4, -0.2) is 19.5 Å². The minimum atomic E-state index is -0.476. The van der Waals surface area contributed by atoms with E-state index in [1.807, 2.05) is 6.92 Å². The van der Waals surface area contributed by atoms with Crippen molar-refractivity contribution in [1.82, 2.24) is 19.5 Å². The fourth-order valence-electron chi connectivity index (χ4n) is 2.07. The van der Waals surface area contributed by atoms with Gasteiger partial charge in [-0.3, -0.25) is 14.3 Å². The second-order valence-electron chi connectivity index (χ2n) is 4.43. The summed E-state index contributed by atoms with van der Waals surface area (Å²) in [5.74, 6) is 1.16. The van der Waals surface area contributed by atoms with E-state index in [0.29, 0.717) is 18.1 Å². The Hall–Kier alpha value is -1.76. The van der Waals surface area contributed by atoms with Gasteiger partial charge in [0.25, 0.3) is 5.56 Å². The summed E-state index contributed by atoms with van der Waals surface area (Å²) in [6.07, 6.45) is 2.15. The molecule has 2 heterocycles. The van der Waals surface area contributed by atoms with Crippen LogP contribution in [0.4, 0.5) is 0 Å². The molecule has 1 aliphatic carbocycles. The zero-order chi connectivity index (χ0) is 12.9. The lowest BCUT2D eigenvalue weighted by Crippen LogP contribution is -2.31. The number of aromatic nitrogens is 4. The molecule has 0 spiro atoms. The summed E-state index contributed by atoms with van der Waals surface area (Å²) < 4.78 is 1.73. The quantitative estimate of drug-likeness (QED) is 0.794. The van der Waals surface area contributed by atoms with Gasteiger partial charge in [0.05, 0.1) is 0 Å². The maximum Gasteiger partial charge on any atom is 0.329 e. The Morgan fingerprint density at radius 3 is 2.72 bits per heavy atom. The van der Waals surface area contributed by atoms with Crippen LogP contribution in [0.5, 0.6) is 0 Å². The van der Waals surface area contributed by atoms with E-state index in [4.69, 9.17) is 12.2 Å². The number of aryl methyl sites for hydroxylation is 1. The fraction of sp³-hybridized carbons (Fsp3) is 0.455. The van der Waals surface area contributed by atoms with Gasteiger partial charge in [-0.2, -0.15) is 0 Å². The van der Waals surface area contributed by atoms with E-state index >= 15 is 0 Å². The van der Waals surface area contributed by atoms with Crippen molar-refractivity contribution in [2.24, 2.45) is 0 Å². The van der Waals surface area contributed by atoms with Gasteiger partial charge in [-0.05, 0) is 19.8 Å². The number of nitrogens with one attached hydrogen (secondary N) is 2. The average molecular weight is 264 g/mol. The molecule has 0 radical (unpaired) electrons.